The van der Waals surface area contributed by atoms with E-state index in [4.69, 9.17) is 5.11 Å². The fourth-order valence-corrected chi connectivity index (χ4v) is 4.81. The van der Waals surface area contributed by atoms with Crippen LogP contribution < -0.4 is 0 Å². The van der Waals surface area contributed by atoms with E-state index in [9.17, 15) is 4.79 Å². The number of fused-ring (bicyclic) bond motifs is 2. The van der Waals surface area contributed by atoms with Crippen molar-refractivity contribution in [3.05, 3.63) is 29.8 Å². The summed E-state index contributed by atoms with van der Waals surface area (Å²) in [7, 11) is 0. The molecule has 2 nitrogen and oxygen atoms in total. The first kappa shape index (κ1) is 13.0. The lowest BCUT2D eigenvalue weighted by Crippen LogP contribution is -2.12. The first-order valence-corrected chi connectivity index (χ1v) is 8.13. The Morgan fingerprint density at radius 2 is 2.00 bits per heavy atom. The fourth-order valence-electron chi connectivity index (χ4n) is 3.66. The van der Waals surface area contributed by atoms with Crippen LogP contribution in [0.2, 0.25) is 0 Å². The molecule has 2 aliphatic rings. The zero-order valence-corrected chi connectivity index (χ0v) is 11.9. The molecule has 3 heteroatoms. The largest absolute Gasteiger partial charge is 0.481 e. The van der Waals surface area contributed by atoms with Gasteiger partial charge < -0.3 is 5.11 Å². The Bertz CT molecular complexity index is 454. The maximum Gasteiger partial charge on any atom is 0.307 e. The first-order chi connectivity index (χ1) is 9.20. The predicted octanol–water partition coefficient (Wildman–Crippen LogP) is 3.84. The van der Waals surface area contributed by atoms with Crippen molar-refractivity contribution in [2.75, 3.05) is 5.75 Å². The lowest BCUT2D eigenvalue weighted by atomic mass is 9.90. The maximum atomic E-state index is 10.6. The molecule has 0 aromatic heterocycles. The highest BCUT2D eigenvalue weighted by molar-refractivity contribution is 7.99. The molecule has 3 rings (SSSR count). The zero-order valence-electron chi connectivity index (χ0n) is 11.0. The molecule has 2 saturated carbocycles. The number of thioether (sulfide) groups is 1. The normalized spacial score (nSPS) is 28.7. The van der Waals surface area contributed by atoms with Crippen LogP contribution >= 0.6 is 11.8 Å². The van der Waals surface area contributed by atoms with Gasteiger partial charge in [0.15, 0.2) is 0 Å². The first-order valence-electron chi connectivity index (χ1n) is 7.14. The quantitative estimate of drug-likeness (QED) is 0.830. The van der Waals surface area contributed by atoms with Gasteiger partial charge in [0, 0.05) is 10.6 Å². The third kappa shape index (κ3) is 3.14. The summed E-state index contributed by atoms with van der Waals surface area (Å²) in [6, 6.07) is 8.01. The van der Waals surface area contributed by atoms with E-state index in [1.807, 2.05) is 23.9 Å². The van der Waals surface area contributed by atoms with Crippen LogP contribution in [0.25, 0.3) is 0 Å². The van der Waals surface area contributed by atoms with Gasteiger partial charge in [0.1, 0.15) is 0 Å². The van der Waals surface area contributed by atoms with E-state index in [2.05, 4.69) is 12.1 Å². The molecule has 2 aliphatic carbocycles. The van der Waals surface area contributed by atoms with Crippen molar-refractivity contribution in [1.29, 1.82) is 0 Å². The summed E-state index contributed by atoms with van der Waals surface area (Å²) in [5.74, 6) is 3.40. The van der Waals surface area contributed by atoms with Crippen molar-refractivity contribution in [3.63, 3.8) is 0 Å². The van der Waals surface area contributed by atoms with Gasteiger partial charge in [0.25, 0.3) is 0 Å². The zero-order chi connectivity index (χ0) is 13.2. The Morgan fingerprint density at radius 1 is 1.21 bits per heavy atom. The molecule has 3 unspecified atom stereocenters. The van der Waals surface area contributed by atoms with Crippen LogP contribution in [-0.4, -0.2) is 16.8 Å². The van der Waals surface area contributed by atoms with E-state index in [1.54, 1.807) is 0 Å². The van der Waals surface area contributed by atoms with Crippen molar-refractivity contribution in [3.8, 4) is 0 Å². The molecule has 0 spiro atoms. The van der Waals surface area contributed by atoms with Crippen molar-refractivity contribution in [2.45, 2.75) is 37.0 Å². The van der Waals surface area contributed by atoms with E-state index < -0.39 is 5.97 Å². The minimum atomic E-state index is -0.762. The highest BCUT2D eigenvalue weighted by Crippen LogP contribution is 2.49. The van der Waals surface area contributed by atoms with Gasteiger partial charge in [-0.15, -0.1) is 11.8 Å². The summed E-state index contributed by atoms with van der Waals surface area (Å²) in [6.07, 6.45) is 5.96. The van der Waals surface area contributed by atoms with Crippen molar-refractivity contribution < 1.29 is 9.90 Å². The monoisotopic (exact) mass is 276 g/mol. The van der Waals surface area contributed by atoms with Gasteiger partial charge in [-0.3, -0.25) is 4.79 Å². The van der Waals surface area contributed by atoms with Crippen LogP contribution in [0, 0.1) is 17.8 Å². The average molecular weight is 276 g/mol. The molecule has 102 valence electrons. The second kappa shape index (κ2) is 5.58. The summed E-state index contributed by atoms with van der Waals surface area (Å²) >= 11 is 1.94. The minimum absolute atomic E-state index is 0.122. The Kier molecular flexibility index (Phi) is 3.83. The Hall–Kier alpha value is -0.960. The molecular formula is C16H20O2S. The summed E-state index contributed by atoms with van der Waals surface area (Å²) in [6.45, 7) is 0. The topological polar surface area (TPSA) is 37.3 Å². The van der Waals surface area contributed by atoms with Crippen molar-refractivity contribution in [1.82, 2.24) is 0 Å². The van der Waals surface area contributed by atoms with Gasteiger partial charge in [-0.2, -0.15) is 0 Å². The lowest BCUT2D eigenvalue weighted by molar-refractivity contribution is -0.136. The highest BCUT2D eigenvalue weighted by atomic mass is 32.2. The van der Waals surface area contributed by atoms with Crippen LogP contribution in [0.3, 0.4) is 0 Å². The number of aliphatic carboxylic acids is 1. The second-order valence-electron chi connectivity index (χ2n) is 5.96. The van der Waals surface area contributed by atoms with Gasteiger partial charge in [-0.25, -0.2) is 0 Å². The predicted molar refractivity (Wildman–Crippen MR) is 77.4 cm³/mol. The van der Waals surface area contributed by atoms with Gasteiger partial charge in [0.2, 0.25) is 0 Å². The molecule has 0 amide bonds. The lowest BCUT2D eigenvalue weighted by Gasteiger charge is -2.20. The average Bonchev–Trinajstić information content (AvgIpc) is 2.99. The Morgan fingerprint density at radius 3 is 2.58 bits per heavy atom. The number of hydrogen-bond donors (Lipinski definition) is 1. The molecular weight excluding hydrogens is 256 g/mol. The third-order valence-corrected chi connectivity index (χ3v) is 5.83. The molecule has 2 fully saturated rings. The van der Waals surface area contributed by atoms with Crippen LogP contribution in [0.4, 0.5) is 0 Å². The molecule has 0 aliphatic heterocycles. The van der Waals surface area contributed by atoms with Gasteiger partial charge >= 0.3 is 5.97 Å². The van der Waals surface area contributed by atoms with Gasteiger partial charge in [0.05, 0.1) is 6.42 Å². The van der Waals surface area contributed by atoms with Crippen molar-refractivity contribution in [2.24, 2.45) is 17.8 Å². The molecule has 3 atom stereocenters. The molecule has 0 heterocycles. The van der Waals surface area contributed by atoms with E-state index in [-0.39, 0.29) is 6.42 Å². The van der Waals surface area contributed by atoms with Crippen molar-refractivity contribution >= 4 is 17.7 Å². The summed E-state index contributed by atoms with van der Waals surface area (Å²) in [4.78, 5) is 11.9. The van der Waals surface area contributed by atoms with E-state index in [0.29, 0.717) is 0 Å². The summed E-state index contributed by atoms with van der Waals surface area (Å²) in [5, 5.41) is 8.74. The highest BCUT2D eigenvalue weighted by Gasteiger charge is 2.38. The molecule has 2 bridgehead atoms. The number of rotatable bonds is 5. The standard InChI is InChI=1S/C16H20O2S/c17-16(18)9-11-2-5-15(6-3-11)19-10-14-8-12-1-4-13(14)7-12/h2-3,5-6,12-14H,1,4,7-10H2,(H,17,18). The molecule has 0 radical (unpaired) electrons. The SMILES string of the molecule is O=C(O)Cc1ccc(SCC2CC3CCC2C3)cc1. The Balaban J connectivity index is 1.51. The summed E-state index contributed by atoms with van der Waals surface area (Å²) < 4.78 is 0. The van der Waals surface area contributed by atoms with Crippen LogP contribution in [0.15, 0.2) is 29.2 Å². The second-order valence-corrected chi connectivity index (χ2v) is 7.05. The molecule has 0 saturated heterocycles. The van der Waals surface area contributed by atoms with E-state index in [1.165, 1.54) is 36.3 Å². The van der Waals surface area contributed by atoms with Gasteiger partial charge in [-0.1, -0.05) is 18.6 Å². The third-order valence-electron chi connectivity index (χ3n) is 4.63. The van der Waals surface area contributed by atoms with Gasteiger partial charge in [-0.05, 0) is 54.7 Å². The van der Waals surface area contributed by atoms with E-state index >= 15 is 0 Å². The number of carboxylic acid groups (broad SMARTS) is 1. The van der Waals surface area contributed by atoms with Crippen LogP contribution in [0.1, 0.15) is 31.2 Å². The smallest absolute Gasteiger partial charge is 0.307 e. The molecule has 1 N–H and O–H groups in total. The Labute approximate surface area is 118 Å². The fraction of sp³-hybridized carbons (Fsp3) is 0.562. The molecule has 1 aromatic carbocycles. The summed E-state index contributed by atoms with van der Waals surface area (Å²) in [5.41, 5.74) is 0.886. The van der Waals surface area contributed by atoms with Crippen LogP contribution in [0.5, 0.6) is 0 Å². The number of carboxylic acids is 1. The number of hydrogen-bond acceptors (Lipinski definition) is 2. The number of carbonyl (C=O) groups is 1. The maximum absolute atomic E-state index is 10.6. The minimum Gasteiger partial charge on any atom is -0.481 e. The van der Waals surface area contributed by atoms with Crippen LogP contribution in [-0.2, 0) is 11.2 Å². The molecule has 19 heavy (non-hydrogen) atoms. The van der Waals surface area contributed by atoms with E-state index in [0.717, 1.165) is 23.3 Å². The number of benzene rings is 1. The molecule has 1 aromatic rings.